The summed E-state index contributed by atoms with van der Waals surface area (Å²) in [5.41, 5.74) is 0.896. The van der Waals surface area contributed by atoms with E-state index >= 15 is 0 Å². The molecule has 1 atom stereocenters. The van der Waals surface area contributed by atoms with Crippen molar-refractivity contribution in [3.63, 3.8) is 0 Å². The quantitative estimate of drug-likeness (QED) is 0.654. The lowest BCUT2D eigenvalue weighted by Crippen LogP contribution is -2.22. The molecule has 7 nitrogen and oxygen atoms in total. The Morgan fingerprint density at radius 3 is 2.48 bits per heavy atom. The van der Waals surface area contributed by atoms with Crippen molar-refractivity contribution in [1.29, 1.82) is 0 Å². The van der Waals surface area contributed by atoms with Crippen LogP contribution in [0.1, 0.15) is 17.3 Å². The average molecular weight is 313 g/mol. The summed E-state index contributed by atoms with van der Waals surface area (Å²) in [4.78, 5) is 21.1. The molecule has 1 fully saturated rings. The Hall–Kier alpha value is -1.93. The Morgan fingerprint density at radius 2 is 2.19 bits per heavy atom. The maximum Gasteiger partial charge on any atom is 0.407 e. The van der Waals surface area contributed by atoms with Crippen LogP contribution >= 0.6 is 0 Å². The van der Waals surface area contributed by atoms with Crippen molar-refractivity contribution < 1.29 is 26.9 Å². The summed E-state index contributed by atoms with van der Waals surface area (Å²) in [5.74, 6) is 0.179. The predicted molar refractivity (Wildman–Crippen MR) is 73.2 cm³/mol. The molecule has 8 heteroatoms. The van der Waals surface area contributed by atoms with Crippen LogP contribution in [0.3, 0.4) is 0 Å². The Kier molecular flexibility index (Phi) is 4.29. The van der Waals surface area contributed by atoms with Crippen molar-refractivity contribution in [2.45, 2.75) is 13.0 Å². The highest BCUT2D eigenvalue weighted by atomic mass is 32.2. The van der Waals surface area contributed by atoms with Crippen molar-refractivity contribution in [1.82, 2.24) is 5.32 Å². The standard InChI is InChI=1S/C8H6O.C5H9NO5S/c1-5(9)8-4-6-2-3-7(6)8;1-12(8,9)10-3-4-2-6-5(7)11-4/h2-4H,1H3;4H,2-3H2,1H3,(H,6,7). The van der Waals surface area contributed by atoms with Crippen molar-refractivity contribution >= 4 is 22.0 Å². The summed E-state index contributed by atoms with van der Waals surface area (Å²) >= 11 is 0. The highest BCUT2D eigenvalue weighted by Gasteiger charge is 2.23. The number of benzene rings is 1. The molecule has 1 amide bonds. The van der Waals surface area contributed by atoms with Gasteiger partial charge in [-0.1, -0.05) is 12.1 Å². The van der Waals surface area contributed by atoms with E-state index in [2.05, 4.69) is 14.2 Å². The van der Waals surface area contributed by atoms with Gasteiger partial charge in [-0.25, -0.2) is 4.79 Å². The maximum absolute atomic E-state index is 10.7. The van der Waals surface area contributed by atoms with E-state index in [1.165, 1.54) is 5.22 Å². The first kappa shape index (κ1) is 15.5. The van der Waals surface area contributed by atoms with Crippen LogP contribution in [0.25, 0.3) is 0 Å². The number of hydrogen-bond acceptors (Lipinski definition) is 6. The number of carbonyl (C=O) groups is 2. The Labute approximate surface area is 121 Å². The SMILES string of the molecule is CC(=O)c1cc2ccc1=2.CS(=O)(=O)OCC1CNC(=O)O1. The molecule has 0 aromatic carbocycles. The molecule has 1 N–H and O–H groups in total. The third kappa shape index (κ3) is 4.02. The second-order valence-corrected chi connectivity index (χ2v) is 6.36. The van der Waals surface area contributed by atoms with Gasteiger partial charge >= 0.3 is 6.09 Å². The molecule has 2 aliphatic carbocycles. The lowest BCUT2D eigenvalue weighted by atomic mass is 9.97. The summed E-state index contributed by atoms with van der Waals surface area (Å²) in [7, 11) is -3.45. The van der Waals surface area contributed by atoms with Crippen LogP contribution in [0.4, 0.5) is 4.79 Å². The average Bonchev–Trinajstić information content (AvgIpc) is 2.76. The van der Waals surface area contributed by atoms with Gasteiger partial charge in [-0.3, -0.25) is 8.98 Å². The largest absolute Gasteiger partial charge is 0.442 e. The monoisotopic (exact) mass is 313 g/mol. The van der Waals surface area contributed by atoms with Crippen LogP contribution in [0.2, 0.25) is 0 Å². The van der Waals surface area contributed by atoms with Gasteiger partial charge in [-0.2, -0.15) is 8.42 Å². The minimum Gasteiger partial charge on any atom is -0.442 e. The molecular formula is C13H15NO6S. The van der Waals surface area contributed by atoms with Gasteiger partial charge in [-0.05, 0) is 23.4 Å². The zero-order valence-electron chi connectivity index (χ0n) is 11.6. The first-order valence-corrected chi connectivity index (χ1v) is 8.02. The van der Waals surface area contributed by atoms with Gasteiger partial charge in [0.15, 0.2) is 5.78 Å². The van der Waals surface area contributed by atoms with E-state index in [1.54, 1.807) is 6.92 Å². The zero-order chi connectivity index (χ0) is 15.6. The fraction of sp³-hybridized carbons (Fsp3) is 0.385. The van der Waals surface area contributed by atoms with E-state index in [4.69, 9.17) is 0 Å². The van der Waals surface area contributed by atoms with Crippen LogP contribution in [0.15, 0.2) is 18.2 Å². The van der Waals surface area contributed by atoms with Crippen molar-refractivity contribution in [3.05, 3.63) is 34.2 Å². The molecule has 0 spiro atoms. The number of ether oxygens (including phenoxy) is 1. The lowest BCUT2D eigenvalue weighted by molar-refractivity contribution is 0.101. The lowest BCUT2D eigenvalue weighted by Gasteiger charge is -2.06. The van der Waals surface area contributed by atoms with E-state index in [1.807, 2.05) is 18.2 Å². The highest BCUT2D eigenvalue weighted by molar-refractivity contribution is 7.85. The molecule has 1 unspecified atom stereocenters. The molecule has 0 aromatic heterocycles. The number of hydrogen-bond donors (Lipinski definition) is 1. The van der Waals surface area contributed by atoms with Crippen LogP contribution in [-0.4, -0.2) is 45.8 Å². The molecule has 1 aliphatic heterocycles. The second kappa shape index (κ2) is 5.82. The number of alkyl carbamates (subject to hydrolysis) is 1. The molecule has 0 aromatic rings. The normalized spacial score (nSPS) is 18.2. The molecule has 3 rings (SSSR count). The summed E-state index contributed by atoms with van der Waals surface area (Å²) in [6, 6.07) is 5.92. The first-order chi connectivity index (χ1) is 9.76. The van der Waals surface area contributed by atoms with Crippen molar-refractivity contribution in [2.24, 2.45) is 0 Å². The van der Waals surface area contributed by atoms with Crippen molar-refractivity contribution in [2.75, 3.05) is 19.4 Å². The van der Waals surface area contributed by atoms with E-state index in [-0.39, 0.29) is 18.9 Å². The minimum absolute atomic E-state index is 0.127. The molecule has 21 heavy (non-hydrogen) atoms. The Balaban J connectivity index is 0.000000159. The number of Topliss-reactive ketones (excluding diaryl/α,β-unsaturated/α-hetero) is 1. The van der Waals surface area contributed by atoms with Crippen LogP contribution in [0.5, 0.6) is 0 Å². The van der Waals surface area contributed by atoms with Gasteiger partial charge in [-0.15, -0.1) is 0 Å². The third-order valence-electron chi connectivity index (χ3n) is 2.93. The minimum atomic E-state index is -3.45. The van der Waals surface area contributed by atoms with Gasteiger partial charge in [0.25, 0.3) is 10.1 Å². The van der Waals surface area contributed by atoms with E-state index in [9.17, 15) is 18.0 Å². The molecule has 0 radical (unpaired) electrons. The molecule has 1 heterocycles. The van der Waals surface area contributed by atoms with E-state index < -0.39 is 22.3 Å². The molecule has 1 saturated heterocycles. The molecule has 114 valence electrons. The van der Waals surface area contributed by atoms with Crippen molar-refractivity contribution in [3.8, 4) is 0 Å². The maximum atomic E-state index is 10.7. The Bertz CT molecular complexity index is 770. The van der Waals surface area contributed by atoms with Crippen LogP contribution < -0.4 is 5.32 Å². The van der Waals surface area contributed by atoms with Gasteiger partial charge in [0, 0.05) is 5.56 Å². The fourth-order valence-electron chi connectivity index (χ4n) is 1.81. The number of ketones is 1. The smallest absolute Gasteiger partial charge is 0.407 e. The highest BCUT2D eigenvalue weighted by Crippen LogP contribution is 2.15. The summed E-state index contributed by atoms with van der Waals surface area (Å²) in [6.45, 7) is 1.76. The number of nitrogens with one attached hydrogen (secondary N) is 1. The summed E-state index contributed by atoms with van der Waals surface area (Å²) < 4.78 is 30.0. The van der Waals surface area contributed by atoms with E-state index in [0.29, 0.717) is 0 Å². The van der Waals surface area contributed by atoms with Gasteiger partial charge in [0.05, 0.1) is 12.8 Å². The molecule has 0 saturated carbocycles. The topological polar surface area (TPSA) is 98.8 Å². The van der Waals surface area contributed by atoms with Crippen LogP contribution in [-0.2, 0) is 19.0 Å². The number of cyclic esters (lactones) is 1. The molecular weight excluding hydrogens is 298 g/mol. The second-order valence-electron chi connectivity index (χ2n) is 4.71. The third-order valence-corrected chi connectivity index (χ3v) is 3.49. The summed E-state index contributed by atoms with van der Waals surface area (Å²) in [5, 5.41) is 4.76. The summed E-state index contributed by atoms with van der Waals surface area (Å²) in [6.07, 6.45) is -0.110. The number of amides is 1. The zero-order valence-corrected chi connectivity index (χ0v) is 12.4. The first-order valence-electron chi connectivity index (χ1n) is 6.20. The molecule has 0 bridgehead atoms. The number of rotatable bonds is 4. The number of carbonyl (C=O) groups excluding carboxylic acids is 2. The molecule has 3 aliphatic rings. The van der Waals surface area contributed by atoms with Gasteiger partial charge in [0.1, 0.15) is 12.7 Å². The van der Waals surface area contributed by atoms with Crippen LogP contribution in [0, 0.1) is 10.4 Å². The Morgan fingerprint density at radius 1 is 1.48 bits per heavy atom. The predicted octanol–water partition coefficient (Wildman–Crippen LogP) is 0.561. The fourth-order valence-corrected chi connectivity index (χ4v) is 2.20. The van der Waals surface area contributed by atoms with Gasteiger partial charge < -0.3 is 10.1 Å². The van der Waals surface area contributed by atoms with E-state index in [0.717, 1.165) is 17.0 Å². The van der Waals surface area contributed by atoms with Gasteiger partial charge in [0.2, 0.25) is 0 Å².